The molecule has 0 aromatic carbocycles. The van der Waals surface area contributed by atoms with Gasteiger partial charge in [0.05, 0.1) is 0 Å². The van der Waals surface area contributed by atoms with Crippen molar-refractivity contribution >= 4 is 10.2 Å². The lowest BCUT2D eigenvalue weighted by atomic mass is 9.86. The van der Waals surface area contributed by atoms with Crippen molar-refractivity contribution < 1.29 is 8.42 Å². The second-order valence-corrected chi connectivity index (χ2v) is 5.59. The Hall–Kier alpha value is -0.170. The Morgan fingerprint density at radius 2 is 2.07 bits per heavy atom. The van der Waals surface area contributed by atoms with Crippen LogP contribution in [0.15, 0.2) is 0 Å². The van der Waals surface area contributed by atoms with Crippen molar-refractivity contribution in [3.63, 3.8) is 0 Å². The van der Waals surface area contributed by atoms with Crippen molar-refractivity contribution in [2.45, 2.75) is 25.3 Å². The number of hydrogen-bond acceptors (Lipinski definition) is 3. The molecule has 2 aliphatic rings. The topological polar surface area (TPSA) is 75.4 Å². The molecule has 2 rings (SSSR count). The maximum atomic E-state index is 10.9. The third-order valence-electron chi connectivity index (χ3n) is 3.18. The minimum absolute atomic E-state index is 0.0570. The van der Waals surface area contributed by atoms with E-state index in [1.165, 1.54) is 13.0 Å². The first-order chi connectivity index (χ1) is 6.54. The highest BCUT2D eigenvalue weighted by Crippen LogP contribution is 2.26. The number of piperidine rings is 2. The van der Waals surface area contributed by atoms with Crippen molar-refractivity contribution in [1.82, 2.24) is 9.62 Å². The predicted molar refractivity (Wildman–Crippen MR) is 53.8 cm³/mol. The smallest absolute Gasteiger partial charge is 0.274 e. The fourth-order valence-electron chi connectivity index (χ4n) is 2.55. The molecule has 0 radical (unpaired) electrons. The van der Waals surface area contributed by atoms with Gasteiger partial charge >= 0.3 is 0 Å². The van der Waals surface area contributed by atoms with E-state index in [4.69, 9.17) is 5.14 Å². The average Bonchev–Trinajstić information content (AvgIpc) is 2.09. The van der Waals surface area contributed by atoms with E-state index < -0.39 is 10.2 Å². The first-order valence-electron chi connectivity index (χ1n) is 5.07. The Morgan fingerprint density at radius 1 is 1.29 bits per heavy atom. The zero-order chi connectivity index (χ0) is 10.2. The zero-order valence-corrected chi connectivity index (χ0v) is 8.96. The monoisotopic (exact) mass is 219 g/mol. The SMILES string of the molecule is NS(=O)(=O)NC1CCN2CCCC1C2. The Balaban J connectivity index is 1.99. The Morgan fingerprint density at radius 3 is 2.79 bits per heavy atom. The number of hydrogen-bond donors (Lipinski definition) is 2. The van der Waals surface area contributed by atoms with Crippen LogP contribution in [0.2, 0.25) is 0 Å². The molecule has 2 saturated heterocycles. The van der Waals surface area contributed by atoms with E-state index in [9.17, 15) is 8.42 Å². The molecule has 6 heteroatoms. The van der Waals surface area contributed by atoms with Crippen LogP contribution in [-0.2, 0) is 10.2 Å². The van der Waals surface area contributed by atoms with E-state index >= 15 is 0 Å². The standard InChI is InChI=1S/C8H17N3O2S/c9-14(12,13)10-8-3-5-11-4-1-2-7(8)6-11/h7-8,10H,1-6H2,(H2,9,12,13). The number of rotatable bonds is 2. The summed E-state index contributed by atoms with van der Waals surface area (Å²) in [7, 11) is -3.53. The van der Waals surface area contributed by atoms with Crippen LogP contribution in [0.25, 0.3) is 0 Å². The van der Waals surface area contributed by atoms with Gasteiger partial charge in [0.15, 0.2) is 0 Å². The largest absolute Gasteiger partial charge is 0.303 e. The molecule has 2 heterocycles. The maximum Gasteiger partial charge on any atom is 0.274 e. The van der Waals surface area contributed by atoms with Crippen LogP contribution in [0.1, 0.15) is 19.3 Å². The van der Waals surface area contributed by atoms with Crippen LogP contribution in [0, 0.1) is 5.92 Å². The molecule has 3 N–H and O–H groups in total. The molecule has 0 amide bonds. The predicted octanol–water partition coefficient (Wildman–Crippen LogP) is -0.736. The minimum Gasteiger partial charge on any atom is -0.303 e. The molecule has 0 spiro atoms. The van der Waals surface area contributed by atoms with Gasteiger partial charge in [0.1, 0.15) is 0 Å². The normalized spacial score (nSPS) is 38.2. The van der Waals surface area contributed by atoms with Gasteiger partial charge in [0, 0.05) is 12.6 Å². The molecule has 0 saturated carbocycles. The molecule has 82 valence electrons. The van der Waals surface area contributed by atoms with E-state index in [-0.39, 0.29) is 6.04 Å². The molecule has 5 nitrogen and oxygen atoms in total. The Kier molecular flexibility index (Phi) is 2.79. The summed E-state index contributed by atoms with van der Waals surface area (Å²) >= 11 is 0. The second kappa shape index (κ2) is 3.77. The van der Waals surface area contributed by atoms with E-state index in [0.29, 0.717) is 5.92 Å². The molecule has 2 aliphatic heterocycles. The van der Waals surface area contributed by atoms with Crippen LogP contribution in [0.5, 0.6) is 0 Å². The highest BCUT2D eigenvalue weighted by molar-refractivity contribution is 7.87. The number of nitrogens with one attached hydrogen (secondary N) is 1. The molecule has 2 fully saturated rings. The van der Waals surface area contributed by atoms with Crippen LogP contribution in [0.4, 0.5) is 0 Å². The molecule has 0 aromatic rings. The first-order valence-corrected chi connectivity index (χ1v) is 6.61. The lowest BCUT2D eigenvalue weighted by Crippen LogP contribution is -2.54. The Bertz CT molecular complexity index is 304. The molecule has 14 heavy (non-hydrogen) atoms. The summed E-state index contributed by atoms with van der Waals surface area (Å²) in [5, 5.41) is 4.98. The second-order valence-electron chi connectivity index (χ2n) is 4.26. The zero-order valence-electron chi connectivity index (χ0n) is 8.15. The summed E-state index contributed by atoms with van der Waals surface area (Å²) in [6.45, 7) is 3.18. The molecular weight excluding hydrogens is 202 g/mol. The fourth-order valence-corrected chi connectivity index (χ4v) is 3.28. The fraction of sp³-hybridized carbons (Fsp3) is 1.00. The number of nitrogens with zero attached hydrogens (tertiary/aromatic N) is 1. The summed E-state index contributed by atoms with van der Waals surface area (Å²) < 4.78 is 24.4. The van der Waals surface area contributed by atoms with Crippen molar-refractivity contribution in [1.29, 1.82) is 0 Å². The highest BCUT2D eigenvalue weighted by Gasteiger charge is 2.33. The van der Waals surface area contributed by atoms with Gasteiger partial charge in [-0.2, -0.15) is 13.1 Å². The molecule has 0 aliphatic carbocycles. The summed E-state index contributed by atoms with van der Waals surface area (Å²) in [4.78, 5) is 2.40. The summed E-state index contributed by atoms with van der Waals surface area (Å²) in [5.41, 5.74) is 0. The van der Waals surface area contributed by atoms with Gasteiger partial charge in [-0.05, 0) is 38.3 Å². The minimum atomic E-state index is -3.53. The summed E-state index contributed by atoms with van der Waals surface area (Å²) in [6, 6.07) is 0.0570. The van der Waals surface area contributed by atoms with Gasteiger partial charge in [-0.15, -0.1) is 0 Å². The van der Waals surface area contributed by atoms with Crippen LogP contribution in [0.3, 0.4) is 0 Å². The van der Waals surface area contributed by atoms with Crippen LogP contribution < -0.4 is 9.86 Å². The Labute approximate surface area is 84.8 Å². The van der Waals surface area contributed by atoms with Gasteiger partial charge in [-0.25, -0.2) is 5.14 Å². The van der Waals surface area contributed by atoms with Crippen molar-refractivity contribution in [3.8, 4) is 0 Å². The third-order valence-corrected chi connectivity index (χ3v) is 3.81. The van der Waals surface area contributed by atoms with Gasteiger partial charge in [-0.1, -0.05) is 0 Å². The summed E-state index contributed by atoms with van der Waals surface area (Å²) in [6.07, 6.45) is 3.18. The van der Waals surface area contributed by atoms with Crippen molar-refractivity contribution in [3.05, 3.63) is 0 Å². The average molecular weight is 219 g/mol. The van der Waals surface area contributed by atoms with Gasteiger partial charge < -0.3 is 4.90 Å². The molecule has 3 atom stereocenters. The van der Waals surface area contributed by atoms with E-state index in [0.717, 1.165) is 25.9 Å². The maximum absolute atomic E-state index is 10.9. The highest BCUT2D eigenvalue weighted by atomic mass is 32.2. The van der Waals surface area contributed by atoms with Crippen LogP contribution in [-0.4, -0.2) is 39.0 Å². The van der Waals surface area contributed by atoms with Gasteiger partial charge in [-0.3, -0.25) is 0 Å². The van der Waals surface area contributed by atoms with E-state index in [1.807, 2.05) is 0 Å². The lowest BCUT2D eigenvalue weighted by molar-refractivity contribution is 0.101. The molecule has 0 aromatic heterocycles. The molecule has 2 bridgehead atoms. The van der Waals surface area contributed by atoms with Crippen molar-refractivity contribution in [2.24, 2.45) is 11.1 Å². The van der Waals surface area contributed by atoms with Gasteiger partial charge in [0.25, 0.3) is 10.2 Å². The number of nitrogens with two attached hydrogens (primary N) is 1. The molecular formula is C8H17N3O2S. The quantitative estimate of drug-likeness (QED) is 0.642. The van der Waals surface area contributed by atoms with Crippen molar-refractivity contribution in [2.75, 3.05) is 19.6 Å². The first kappa shape index (κ1) is 10.4. The lowest BCUT2D eigenvalue weighted by Gasteiger charge is -2.42. The molecule has 3 unspecified atom stereocenters. The van der Waals surface area contributed by atoms with E-state index in [2.05, 4.69) is 9.62 Å². The number of fused-ring (bicyclic) bond motifs is 2. The van der Waals surface area contributed by atoms with Crippen LogP contribution >= 0.6 is 0 Å². The third kappa shape index (κ3) is 2.44. The van der Waals surface area contributed by atoms with E-state index in [1.54, 1.807) is 0 Å². The summed E-state index contributed by atoms with van der Waals surface area (Å²) in [5.74, 6) is 0.454. The van der Waals surface area contributed by atoms with Gasteiger partial charge in [0.2, 0.25) is 0 Å².